The van der Waals surface area contributed by atoms with E-state index >= 15 is 0 Å². The molecule has 2 N–H and O–H groups in total. The molecule has 0 saturated heterocycles. The molecular formula is C7H8N4O3. The van der Waals surface area contributed by atoms with Gasteiger partial charge in [0.15, 0.2) is 0 Å². The van der Waals surface area contributed by atoms with Crippen LogP contribution in [0.4, 0.5) is 11.4 Å². The van der Waals surface area contributed by atoms with Gasteiger partial charge in [0, 0.05) is 16.9 Å². The van der Waals surface area contributed by atoms with Gasteiger partial charge in [-0.1, -0.05) is 0 Å². The molecule has 1 aromatic rings. The van der Waals surface area contributed by atoms with Gasteiger partial charge in [-0.05, 0) is 6.07 Å². The van der Waals surface area contributed by atoms with Crippen LogP contribution in [0.1, 0.15) is 0 Å². The molecule has 0 aliphatic carbocycles. The fourth-order valence-corrected chi connectivity index (χ4v) is 0.813. The molecule has 0 spiro atoms. The normalized spacial score (nSPS) is 8.21. The third-order valence-electron chi connectivity index (χ3n) is 1.43. The lowest BCUT2D eigenvalue weighted by Gasteiger charge is -2.02. The predicted octanol–water partition coefficient (Wildman–Crippen LogP) is 1.22. The summed E-state index contributed by atoms with van der Waals surface area (Å²) in [5.41, 5.74) is 5.82. The summed E-state index contributed by atoms with van der Waals surface area (Å²) in [5.74, 6) is 0.323. The molecule has 0 heterocycles. The second kappa shape index (κ2) is 5.31. The highest BCUT2D eigenvalue weighted by molar-refractivity contribution is 5.57. The van der Waals surface area contributed by atoms with Crippen molar-refractivity contribution < 1.29 is 9.66 Å². The van der Waals surface area contributed by atoms with E-state index in [1.807, 2.05) is 0 Å². The van der Waals surface area contributed by atoms with Crippen molar-refractivity contribution in [2.24, 2.45) is 0 Å². The second-order valence-corrected chi connectivity index (χ2v) is 2.18. The molecule has 0 radical (unpaired) electrons. The van der Waals surface area contributed by atoms with E-state index in [4.69, 9.17) is 21.3 Å². The maximum absolute atomic E-state index is 10.3. The molecule has 1 rings (SSSR count). The van der Waals surface area contributed by atoms with Gasteiger partial charge in [0.2, 0.25) is 0 Å². The number of nitro groups is 1. The molecule has 0 unspecified atom stereocenters. The number of hydrogen-bond acceptors (Lipinski definition) is 6. The van der Waals surface area contributed by atoms with E-state index < -0.39 is 4.92 Å². The first kappa shape index (κ1) is 11.6. The number of rotatable bonds is 2. The number of nitrogen functional groups attached to an aromatic ring is 1. The Hall–Kier alpha value is -2.36. The van der Waals surface area contributed by atoms with Crippen molar-refractivity contribution in [3.8, 4) is 5.75 Å². The summed E-state index contributed by atoms with van der Waals surface area (Å²) in [7, 11) is 1.41. The Morgan fingerprint density at radius 1 is 1.50 bits per heavy atom. The zero-order valence-corrected chi connectivity index (χ0v) is 7.38. The smallest absolute Gasteiger partial charge is 0.273 e. The number of nitro benzene ring substituents is 1. The van der Waals surface area contributed by atoms with E-state index in [-0.39, 0.29) is 5.69 Å². The third kappa shape index (κ3) is 2.60. The van der Waals surface area contributed by atoms with Gasteiger partial charge in [-0.15, -0.1) is 0 Å². The second-order valence-electron chi connectivity index (χ2n) is 2.18. The van der Waals surface area contributed by atoms with Crippen molar-refractivity contribution in [1.29, 1.82) is 10.8 Å². The number of hydrogen-bond donors (Lipinski definition) is 1. The average Bonchev–Trinajstić information content (AvgIpc) is 2.21. The Morgan fingerprint density at radius 2 is 2.07 bits per heavy atom. The number of ether oxygens (including phenoxy) is 1. The lowest BCUT2D eigenvalue weighted by Crippen LogP contribution is -1.94. The van der Waals surface area contributed by atoms with Crippen LogP contribution in [0.2, 0.25) is 0 Å². The molecule has 0 saturated carbocycles. The molecule has 0 bridgehead atoms. The van der Waals surface area contributed by atoms with Crippen LogP contribution in [-0.4, -0.2) is 12.0 Å². The monoisotopic (exact) mass is 196 g/mol. The van der Waals surface area contributed by atoms with E-state index in [0.29, 0.717) is 11.4 Å². The van der Waals surface area contributed by atoms with Gasteiger partial charge < -0.3 is 10.5 Å². The number of benzene rings is 1. The maximum atomic E-state index is 10.3. The van der Waals surface area contributed by atoms with Crippen molar-refractivity contribution in [3.05, 3.63) is 28.3 Å². The summed E-state index contributed by atoms with van der Waals surface area (Å²) < 4.78 is 4.81. The van der Waals surface area contributed by atoms with Gasteiger partial charge in [-0.3, -0.25) is 10.1 Å². The van der Waals surface area contributed by atoms with Gasteiger partial charge in [0.25, 0.3) is 5.69 Å². The minimum atomic E-state index is -0.498. The summed E-state index contributed by atoms with van der Waals surface area (Å²) in [4.78, 5) is 9.79. The molecule has 7 heteroatoms. The lowest BCUT2D eigenvalue weighted by molar-refractivity contribution is -0.384. The highest BCUT2D eigenvalue weighted by Crippen LogP contribution is 2.25. The minimum absolute atomic E-state index is 0.0268. The van der Waals surface area contributed by atoms with Gasteiger partial charge >= 0.3 is 0 Å². The van der Waals surface area contributed by atoms with Crippen LogP contribution in [0.3, 0.4) is 0 Å². The van der Waals surface area contributed by atoms with Crippen molar-refractivity contribution >= 4 is 11.4 Å². The standard InChI is InChI=1S/C7H8N2O3.N2/c1-12-7-4-5(9(10)11)2-3-6(7)8;1-2/h2-4H,8H2,1H3;. The minimum Gasteiger partial charge on any atom is -0.494 e. The van der Waals surface area contributed by atoms with Crippen LogP contribution in [0.25, 0.3) is 0 Å². The molecule has 74 valence electrons. The number of methoxy groups -OCH3 is 1. The largest absolute Gasteiger partial charge is 0.494 e. The first-order valence-electron chi connectivity index (χ1n) is 3.43. The number of nitrogens with zero attached hydrogens (tertiary/aromatic N) is 3. The highest BCUT2D eigenvalue weighted by Gasteiger charge is 2.08. The summed E-state index contributed by atoms with van der Waals surface area (Å²) >= 11 is 0. The van der Waals surface area contributed by atoms with Gasteiger partial charge in [0.05, 0.1) is 23.8 Å². The summed E-state index contributed by atoms with van der Waals surface area (Å²) in [6.07, 6.45) is 0. The zero-order chi connectivity index (χ0) is 11.1. The Balaban J connectivity index is 0.000000791. The quantitative estimate of drug-likeness (QED) is 0.328. The van der Waals surface area contributed by atoms with E-state index in [9.17, 15) is 10.1 Å². The Labute approximate surface area is 79.7 Å². The van der Waals surface area contributed by atoms with Crippen LogP contribution in [0.15, 0.2) is 18.2 Å². The van der Waals surface area contributed by atoms with Crippen LogP contribution in [0.5, 0.6) is 5.75 Å². The molecule has 14 heavy (non-hydrogen) atoms. The average molecular weight is 196 g/mol. The van der Waals surface area contributed by atoms with Gasteiger partial charge in [0.1, 0.15) is 5.75 Å². The fourth-order valence-electron chi connectivity index (χ4n) is 0.813. The lowest BCUT2D eigenvalue weighted by atomic mass is 10.2. The fraction of sp³-hybridized carbons (Fsp3) is 0.143. The molecule has 7 nitrogen and oxygen atoms in total. The first-order chi connectivity index (χ1) is 6.65. The van der Waals surface area contributed by atoms with Crippen molar-refractivity contribution in [2.75, 3.05) is 12.8 Å². The summed E-state index contributed by atoms with van der Waals surface area (Å²) in [6.45, 7) is 0. The van der Waals surface area contributed by atoms with Crippen LogP contribution >= 0.6 is 0 Å². The molecule has 0 aromatic heterocycles. The molecule has 0 aliphatic heterocycles. The molecule has 0 fully saturated rings. The van der Waals surface area contributed by atoms with Gasteiger partial charge in [-0.2, -0.15) is 0 Å². The zero-order valence-electron chi connectivity index (χ0n) is 7.38. The molecule has 0 amide bonds. The first-order valence-corrected chi connectivity index (χ1v) is 3.43. The van der Waals surface area contributed by atoms with Crippen LogP contribution in [-0.2, 0) is 0 Å². The predicted molar refractivity (Wildman–Crippen MR) is 47.5 cm³/mol. The van der Waals surface area contributed by atoms with E-state index in [1.165, 1.54) is 25.3 Å². The molecule has 1 aromatic carbocycles. The van der Waals surface area contributed by atoms with E-state index in [0.717, 1.165) is 0 Å². The molecule has 0 atom stereocenters. The van der Waals surface area contributed by atoms with Crippen LogP contribution in [0, 0.1) is 20.9 Å². The molecule has 0 aliphatic rings. The van der Waals surface area contributed by atoms with Crippen molar-refractivity contribution in [3.63, 3.8) is 0 Å². The Morgan fingerprint density at radius 3 is 2.50 bits per heavy atom. The van der Waals surface area contributed by atoms with Crippen molar-refractivity contribution in [1.82, 2.24) is 0 Å². The number of non-ortho nitro benzene ring substituents is 1. The summed E-state index contributed by atoms with van der Waals surface area (Å²) in [6, 6.07) is 4.06. The Kier molecular flexibility index (Phi) is 4.42. The van der Waals surface area contributed by atoms with E-state index in [2.05, 4.69) is 0 Å². The SMILES string of the molecule is COc1cc([N+](=O)[O-])ccc1N.N#N. The van der Waals surface area contributed by atoms with Gasteiger partial charge in [-0.25, -0.2) is 0 Å². The topological polar surface area (TPSA) is 126 Å². The summed E-state index contributed by atoms with van der Waals surface area (Å²) in [5, 5.41) is 22.3. The van der Waals surface area contributed by atoms with Crippen LogP contribution < -0.4 is 10.5 Å². The maximum Gasteiger partial charge on any atom is 0.273 e. The Bertz CT molecular complexity index is 350. The van der Waals surface area contributed by atoms with E-state index in [1.54, 1.807) is 0 Å². The number of anilines is 1. The third-order valence-corrected chi connectivity index (χ3v) is 1.43. The number of nitrogens with two attached hydrogens (primary N) is 1. The molecular weight excluding hydrogens is 188 g/mol. The van der Waals surface area contributed by atoms with Crippen molar-refractivity contribution in [2.45, 2.75) is 0 Å². The highest BCUT2D eigenvalue weighted by atomic mass is 16.6.